The summed E-state index contributed by atoms with van der Waals surface area (Å²) >= 11 is 0. The minimum atomic E-state index is -2.89. The first kappa shape index (κ1) is 10.7. The molecule has 5 heteroatoms. The fourth-order valence-corrected chi connectivity index (χ4v) is 0.957. The van der Waals surface area contributed by atoms with E-state index in [1.54, 1.807) is 0 Å². The Bertz CT molecular complexity index is 280. The highest BCUT2D eigenvalue weighted by molar-refractivity contribution is 5.40. The molecule has 0 saturated carbocycles. The van der Waals surface area contributed by atoms with E-state index in [4.69, 9.17) is 9.84 Å². The Labute approximate surface area is 79.9 Å². The van der Waals surface area contributed by atoms with Gasteiger partial charge in [0.2, 0.25) is 0 Å². The fraction of sp³-hybridized carbons (Fsp3) is 0.222. The molecule has 0 aliphatic rings. The van der Waals surface area contributed by atoms with Crippen LogP contribution in [0.3, 0.4) is 0 Å². The van der Waals surface area contributed by atoms with Crippen LogP contribution in [0, 0.1) is 6.61 Å². The molecule has 0 amide bonds. The lowest BCUT2D eigenvalue weighted by Gasteiger charge is -2.08. The van der Waals surface area contributed by atoms with Crippen molar-refractivity contribution in [2.75, 3.05) is 7.11 Å². The molecule has 0 aliphatic heterocycles. The van der Waals surface area contributed by atoms with E-state index >= 15 is 0 Å². The first-order valence-electron chi connectivity index (χ1n) is 3.77. The van der Waals surface area contributed by atoms with Crippen LogP contribution in [0.5, 0.6) is 11.5 Å². The van der Waals surface area contributed by atoms with Crippen LogP contribution in [0.25, 0.3) is 0 Å². The molecule has 1 rings (SSSR count). The average Bonchev–Trinajstić information content (AvgIpc) is 2.16. The largest absolute Gasteiger partial charge is 0.497 e. The van der Waals surface area contributed by atoms with E-state index in [0.717, 1.165) is 6.61 Å². The number of rotatable bonds is 4. The van der Waals surface area contributed by atoms with Gasteiger partial charge in [-0.25, -0.2) is 0 Å². The van der Waals surface area contributed by atoms with Gasteiger partial charge in [0.1, 0.15) is 18.1 Å². The highest BCUT2D eigenvalue weighted by Gasteiger charge is 2.07. The second kappa shape index (κ2) is 4.76. The van der Waals surface area contributed by atoms with Gasteiger partial charge in [0.25, 0.3) is 0 Å². The molecule has 0 unspecified atom stereocenters. The van der Waals surface area contributed by atoms with Crippen LogP contribution >= 0.6 is 0 Å². The van der Waals surface area contributed by atoms with Gasteiger partial charge in [0, 0.05) is 6.07 Å². The predicted molar refractivity (Wildman–Crippen MR) is 45.0 cm³/mol. The van der Waals surface area contributed by atoms with E-state index in [9.17, 15) is 8.78 Å². The SMILES string of the molecule is COc1cc([CH]O)cc(OC(F)F)c1. The summed E-state index contributed by atoms with van der Waals surface area (Å²) in [4.78, 5) is 0. The molecule has 0 atom stereocenters. The van der Waals surface area contributed by atoms with Crippen molar-refractivity contribution in [3.63, 3.8) is 0 Å². The molecular weight excluding hydrogens is 194 g/mol. The van der Waals surface area contributed by atoms with E-state index in [0.29, 0.717) is 11.3 Å². The van der Waals surface area contributed by atoms with Crippen molar-refractivity contribution in [2.45, 2.75) is 6.61 Å². The Morgan fingerprint density at radius 3 is 2.43 bits per heavy atom. The number of benzene rings is 1. The number of aliphatic hydroxyl groups is 1. The molecule has 0 heterocycles. The van der Waals surface area contributed by atoms with E-state index in [1.807, 2.05) is 0 Å². The van der Waals surface area contributed by atoms with Gasteiger partial charge < -0.3 is 14.6 Å². The number of hydrogen-bond acceptors (Lipinski definition) is 3. The summed E-state index contributed by atoms with van der Waals surface area (Å²) in [5.41, 5.74) is 0.333. The summed E-state index contributed by atoms with van der Waals surface area (Å²) < 4.78 is 32.7. The molecule has 0 fully saturated rings. The predicted octanol–water partition coefficient (Wildman–Crippen LogP) is 2.18. The zero-order valence-corrected chi connectivity index (χ0v) is 7.41. The van der Waals surface area contributed by atoms with Crippen molar-refractivity contribution in [2.24, 2.45) is 0 Å². The third-order valence-electron chi connectivity index (χ3n) is 1.51. The number of halogens is 2. The standard InChI is InChI=1S/C9H9F2O3/c1-13-7-2-6(5-12)3-8(4-7)14-9(10)11/h2-5,9,12H,1H3. The monoisotopic (exact) mass is 203 g/mol. The maximum Gasteiger partial charge on any atom is 0.387 e. The summed E-state index contributed by atoms with van der Waals surface area (Å²) in [5.74, 6) is 0.281. The molecule has 0 spiro atoms. The van der Waals surface area contributed by atoms with Gasteiger partial charge in [0.05, 0.1) is 7.11 Å². The molecule has 0 aliphatic carbocycles. The summed E-state index contributed by atoms with van der Waals surface area (Å²) in [5, 5.41) is 8.69. The van der Waals surface area contributed by atoms with Gasteiger partial charge in [-0.2, -0.15) is 8.78 Å². The molecule has 1 radical (unpaired) electrons. The number of alkyl halides is 2. The maximum atomic E-state index is 11.9. The van der Waals surface area contributed by atoms with Gasteiger partial charge in [-0.05, 0) is 17.7 Å². The summed E-state index contributed by atoms with van der Waals surface area (Å²) in [6.07, 6.45) is 0. The smallest absolute Gasteiger partial charge is 0.387 e. The Morgan fingerprint density at radius 1 is 1.29 bits per heavy atom. The van der Waals surface area contributed by atoms with Crippen molar-refractivity contribution >= 4 is 0 Å². The Balaban J connectivity index is 2.92. The Kier molecular flexibility index (Phi) is 3.64. The number of aliphatic hydroxyl groups excluding tert-OH is 1. The van der Waals surface area contributed by atoms with Gasteiger partial charge in [-0.1, -0.05) is 0 Å². The normalized spacial score (nSPS) is 10.4. The zero-order chi connectivity index (χ0) is 10.6. The topological polar surface area (TPSA) is 38.7 Å². The van der Waals surface area contributed by atoms with E-state index in [1.165, 1.54) is 25.3 Å². The zero-order valence-electron chi connectivity index (χ0n) is 7.41. The minimum Gasteiger partial charge on any atom is -0.497 e. The van der Waals surface area contributed by atoms with Crippen molar-refractivity contribution in [3.8, 4) is 11.5 Å². The lowest BCUT2D eigenvalue weighted by Crippen LogP contribution is -2.02. The van der Waals surface area contributed by atoms with Gasteiger partial charge in [0.15, 0.2) is 0 Å². The molecule has 1 N–H and O–H groups in total. The average molecular weight is 203 g/mol. The lowest BCUT2D eigenvalue weighted by molar-refractivity contribution is -0.0499. The van der Waals surface area contributed by atoms with Crippen LogP contribution < -0.4 is 9.47 Å². The first-order valence-corrected chi connectivity index (χ1v) is 3.77. The van der Waals surface area contributed by atoms with E-state index in [-0.39, 0.29) is 5.75 Å². The van der Waals surface area contributed by atoms with Crippen LogP contribution in [0.4, 0.5) is 8.78 Å². The Hall–Kier alpha value is -1.36. The van der Waals surface area contributed by atoms with Gasteiger partial charge >= 0.3 is 6.61 Å². The quantitative estimate of drug-likeness (QED) is 0.815. The second-order valence-corrected chi connectivity index (χ2v) is 2.45. The van der Waals surface area contributed by atoms with Crippen LogP contribution in [-0.4, -0.2) is 18.8 Å². The molecule has 0 saturated heterocycles. The fourth-order valence-electron chi connectivity index (χ4n) is 0.957. The van der Waals surface area contributed by atoms with Crippen LogP contribution in [-0.2, 0) is 0 Å². The third-order valence-corrected chi connectivity index (χ3v) is 1.51. The number of methoxy groups -OCH3 is 1. The van der Waals surface area contributed by atoms with E-state index < -0.39 is 6.61 Å². The van der Waals surface area contributed by atoms with Crippen molar-refractivity contribution in [3.05, 3.63) is 30.4 Å². The minimum absolute atomic E-state index is 0.0559. The van der Waals surface area contributed by atoms with Crippen LogP contribution in [0.1, 0.15) is 5.56 Å². The van der Waals surface area contributed by atoms with Crippen molar-refractivity contribution < 1.29 is 23.4 Å². The summed E-state index contributed by atoms with van der Waals surface area (Å²) in [7, 11) is 1.39. The first-order chi connectivity index (χ1) is 6.65. The summed E-state index contributed by atoms with van der Waals surface area (Å²) in [6.45, 7) is -2.12. The highest BCUT2D eigenvalue weighted by Crippen LogP contribution is 2.24. The lowest BCUT2D eigenvalue weighted by atomic mass is 10.2. The molecular formula is C9H9F2O3. The molecule has 0 bridgehead atoms. The van der Waals surface area contributed by atoms with Crippen molar-refractivity contribution in [1.29, 1.82) is 0 Å². The summed E-state index contributed by atoms with van der Waals surface area (Å²) in [6, 6.07) is 4.06. The Morgan fingerprint density at radius 2 is 1.93 bits per heavy atom. The van der Waals surface area contributed by atoms with Crippen molar-refractivity contribution in [1.82, 2.24) is 0 Å². The highest BCUT2D eigenvalue weighted by atomic mass is 19.3. The molecule has 14 heavy (non-hydrogen) atoms. The second-order valence-electron chi connectivity index (χ2n) is 2.45. The van der Waals surface area contributed by atoms with Gasteiger partial charge in [-0.3, -0.25) is 0 Å². The van der Waals surface area contributed by atoms with Gasteiger partial charge in [-0.15, -0.1) is 0 Å². The molecule has 1 aromatic rings. The third kappa shape index (κ3) is 2.85. The molecule has 77 valence electrons. The molecule has 3 nitrogen and oxygen atoms in total. The van der Waals surface area contributed by atoms with Crippen LogP contribution in [0.2, 0.25) is 0 Å². The number of ether oxygens (including phenoxy) is 2. The van der Waals surface area contributed by atoms with Crippen LogP contribution in [0.15, 0.2) is 18.2 Å². The number of hydrogen-bond donors (Lipinski definition) is 1. The maximum absolute atomic E-state index is 11.9. The molecule has 1 aromatic carbocycles. The van der Waals surface area contributed by atoms with E-state index in [2.05, 4.69) is 4.74 Å². The molecule has 0 aromatic heterocycles.